The van der Waals surface area contributed by atoms with Gasteiger partial charge in [-0.2, -0.15) is 0 Å². The number of carbonyl (C=O) groups excluding carboxylic acids is 1. The van der Waals surface area contributed by atoms with Crippen LogP contribution in [0.15, 0.2) is 77.7 Å². The predicted molar refractivity (Wildman–Crippen MR) is 119 cm³/mol. The zero-order chi connectivity index (χ0) is 21.7. The van der Waals surface area contributed by atoms with Gasteiger partial charge in [0.15, 0.2) is 0 Å². The molecule has 156 valence electrons. The molecule has 0 aliphatic heterocycles. The summed E-state index contributed by atoms with van der Waals surface area (Å²) in [5.74, 6) is -0.196. The van der Waals surface area contributed by atoms with Crippen LogP contribution in [-0.2, 0) is 14.8 Å². The summed E-state index contributed by atoms with van der Waals surface area (Å²) < 4.78 is 32.8. The lowest BCUT2D eigenvalue weighted by molar-refractivity contribution is -0.114. The summed E-state index contributed by atoms with van der Waals surface area (Å²) in [5.41, 5.74) is 0.516. The van der Waals surface area contributed by atoms with Crippen LogP contribution in [-0.4, -0.2) is 28.0 Å². The van der Waals surface area contributed by atoms with Gasteiger partial charge in [0, 0.05) is 5.02 Å². The molecule has 3 rings (SSSR count). The van der Waals surface area contributed by atoms with Gasteiger partial charge in [0.1, 0.15) is 12.3 Å². The van der Waals surface area contributed by atoms with Crippen LogP contribution < -0.4 is 14.4 Å². The average Bonchev–Trinajstić information content (AvgIpc) is 2.73. The van der Waals surface area contributed by atoms with Crippen molar-refractivity contribution in [3.8, 4) is 5.75 Å². The lowest BCUT2D eigenvalue weighted by Gasteiger charge is -2.25. The van der Waals surface area contributed by atoms with Crippen molar-refractivity contribution < 1.29 is 17.9 Å². The molecule has 0 saturated heterocycles. The van der Waals surface area contributed by atoms with Crippen LogP contribution in [0.2, 0.25) is 10.0 Å². The monoisotopic (exact) mass is 464 g/mol. The molecule has 0 radical (unpaired) electrons. The number of anilines is 2. The second-order valence-corrected chi connectivity index (χ2v) is 8.87. The molecule has 0 unspecified atom stereocenters. The van der Waals surface area contributed by atoms with Crippen molar-refractivity contribution in [1.82, 2.24) is 0 Å². The normalized spacial score (nSPS) is 11.0. The largest absolute Gasteiger partial charge is 0.495 e. The molecule has 0 aromatic heterocycles. The van der Waals surface area contributed by atoms with E-state index in [4.69, 9.17) is 27.9 Å². The van der Waals surface area contributed by atoms with Crippen LogP contribution in [0.25, 0.3) is 0 Å². The maximum Gasteiger partial charge on any atom is 0.264 e. The van der Waals surface area contributed by atoms with Gasteiger partial charge in [-0.3, -0.25) is 9.10 Å². The van der Waals surface area contributed by atoms with E-state index in [1.807, 2.05) is 0 Å². The van der Waals surface area contributed by atoms with Crippen LogP contribution in [0.4, 0.5) is 11.4 Å². The highest BCUT2D eigenvalue weighted by atomic mass is 35.5. The van der Waals surface area contributed by atoms with E-state index in [0.29, 0.717) is 16.5 Å². The molecule has 1 amide bonds. The molecule has 3 aromatic rings. The van der Waals surface area contributed by atoms with Gasteiger partial charge in [0.2, 0.25) is 5.91 Å². The molecule has 30 heavy (non-hydrogen) atoms. The summed E-state index contributed by atoms with van der Waals surface area (Å²) in [7, 11) is -2.60. The van der Waals surface area contributed by atoms with Gasteiger partial charge < -0.3 is 10.1 Å². The van der Waals surface area contributed by atoms with E-state index in [2.05, 4.69) is 5.32 Å². The Morgan fingerprint density at radius 3 is 2.33 bits per heavy atom. The molecule has 0 fully saturated rings. The summed E-state index contributed by atoms with van der Waals surface area (Å²) in [6, 6.07) is 19.0. The number of rotatable bonds is 7. The Kier molecular flexibility index (Phi) is 6.87. The zero-order valence-electron chi connectivity index (χ0n) is 15.9. The number of nitrogens with zero attached hydrogens (tertiary/aromatic N) is 1. The first-order valence-corrected chi connectivity index (χ1v) is 11.0. The minimum atomic E-state index is -4.06. The van der Waals surface area contributed by atoms with Crippen molar-refractivity contribution in [2.75, 3.05) is 23.3 Å². The minimum Gasteiger partial charge on any atom is -0.495 e. The van der Waals surface area contributed by atoms with E-state index in [9.17, 15) is 13.2 Å². The van der Waals surface area contributed by atoms with Crippen LogP contribution in [0.3, 0.4) is 0 Å². The van der Waals surface area contributed by atoms with E-state index in [1.165, 1.54) is 31.4 Å². The molecule has 0 aliphatic carbocycles. The highest BCUT2D eigenvalue weighted by molar-refractivity contribution is 7.92. The molecular formula is C21H18Cl2N2O4S. The highest BCUT2D eigenvalue weighted by Gasteiger charge is 2.28. The van der Waals surface area contributed by atoms with Gasteiger partial charge in [-0.1, -0.05) is 53.5 Å². The van der Waals surface area contributed by atoms with Crippen molar-refractivity contribution in [1.29, 1.82) is 0 Å². The molecular weight excluding hydrogens is 447 g/mol. The first kappa shape index (κ1) is 22.0. The van der Waals surface area contributed by atoms with Gasteiger partial charge in [-0.05, 0) is 42.5 Å². The van der Waals surface area contributed by atoms with Crippen molar-refractivity contribution in [3.05, 3.63) is 82.8 Å². The second kappa shape index (κ2) is 9.38. The number of hydrogen-bond acceptors (Lipinski definition) is 4. The van der Waals surface area contributed by atoms with Gasteiger partial charge in [0.25, 0.3) is 10.0 Å². The summed E-state index contributed by atoms with van der Waals surface area (Å²) in [6.45, 7) is -0.503. The van der Waals surface area contributed by atoms with Crippen molar-refractivity contribution >= 4 is 50.5 Å². The molecule has 0 atom stereocenters. The molecule has 0 aliphatic rings. The maximum absolute atomic E-state index is 13.3. The Morgan fingerprint density at radius 1 is 1.00 bits per heavy atom. The van der Waals surface area contributed by atoms with Crippen molar-refractivity contribution in [3.63, 3.8) is 0 Å². The molecule has 0 heterocycles. The van der Waals surface area contributed by atoms with E-state index in [1.54, 1.807) is 48.5 Å². The summed E-state index contributed by atoms with van der Waals surface area (Å²) in [6.07, 6.45) is 0. The molecule has 0 spiro atoms. The fraction of sp³-hybridized carbons (Fsp3) is 0.0952. The lowest BCUT2D eigenvalue weighted by atomic mass is 10.3. The lowest BCUT2D eigenvalue weighted by Crippen LogP contribution is -2.38. The zero-order valence-corrected chi connectivity index (χ0v) is 18.2. The van der Waals surface area contributed by atoms with Gasteiger partial charge >= 0.3 is 0 Å². The Balaban J connectivity index is 1.97. The summed E-state index contributed by atoms with van der Waals surface area (Å²) in [5, 5.41) is 3.24. The Labute approximate surface area is 185 Å². The molecule has 1 N–H and O–H groups in total. The molecule has 0 bridgehead atoms. The number of amides is 1. The van der Waals surface area contributed by atoms with Gasteiger partial charge in [-0.15, -0.1) is 0 Å². The van der Waals surface area contributed by atoms with Crippen LogP contribution in [0, 0.1) is 0 Å². The fourth-order valence-corrected chi connectivity index (χ4v) is 4.69. The summed E-state index contributed by atoms with van der Waals surface area (Å²) in [4.78, 5) is 12.8. The topological polar surface area (TPSA) is 75.7 Å². The van der Waals surface area contributed by atoms with E-state index in [0.717, 1.165) is 4.31 Å². The molecule has 9 heteroatoms. The highest BCUT2D eigenvalue weighted by Crippen LogP contribution is 2.31. The number of sulfonamides is 1. The third-order valence-corrected chi connectivity index (χ3v) is 6.50. The number of ether oxygens (including phenoxy) is 1. The van der Waals surface area contributed by atoms with Crippen molar-refractivity contribution in [2.24, 2.45) is 0 Å². The second-order valence-electron chi connectivity index (χ2n) is 6.17. The van der Waals surface area contributed by atoms with Crippen LogP contribution in [0.5, 0.6) is 5.75 Å². The van der Waals surface area contributed by atoms with Crippen LogP contribution in [0.1, 0.15) is 0 Å². The van der Waals surface area contributed by atoms with Crippen LogP contribution >= 0.6 is 23.2 Å². The number of nitrogens with one attached hydrogen (secondary N) is 1. The quantitative estimate of drug-likeness (QED) is 0.542. The molecule has 0 saturated carbocycles. The maximum atomic E-state index is 13.3. The number of para-hydroxylation sites is 1. The predicted octanol–water partition coefficient (Wildman–Crippen LogP) is 4.84. The number of methoxy groups -OCH3 is 1. The smallest absolute Gasteiger partial charge is 0.264 e. The molecule has 3 aromatic carbocycles. The van der Waals surface area contributed by atoms with E-state index >= 15 is 0 Å². The first-order valence-electron chi connectivity index (χ1n) is 8.78. The third-order valence-electron chi connectivity index (χ3n) is 4.18. The fourth-order valence-electron chi connectivity index (χ4n) is 2.77. The van der Waals surface area contributed by atoms with Crippen molar-refractivity contribution in [2.45, 2.75) is 4.90 Å². The number of carbonyl (C=O) groups is 1. The van der Waals surface area contributed by atoms with Gasteiger partial charge in [-0.25, -0.2) is 8.42 Å². The molecule has 6 nitrogen and oxygen atoms in total. The summed E-state index contributed by atoms with van der Waals surface area (Å²) >= 11 is 12.3. The standard InChI is InChI=1S/C21H18Cl2N2O4S/c1-29-20-12-11-15(22)13-18(20)24-21(26)14-25(19-10-6-5-9-17(19)23)30(27,28)16-7-3-2-4-8-16/h2-13H,14H2,1H3,(H,24,26). The average molecular weight is 465 g/mol. The number of benzene rings is 3. The van der Waals surface area contributed by atoms with Gasteiger partial charge in [0.05, 0.1) is 28.4 Å². The third kappa shape index (κ3) is 4.87. The Bertz CT molecular complexity index is 1150. The SMILES string of the molecule is COc1ccc(Cl)cc1NC(=O)CN(c1ccccc1Cl)S(=O)(=O)c1ccccc1. The van der Waals surface area contributed by atoms with E-state index in [-0.39, 0.29) is 15.6 Å². The minimum absolute atomic E-state index is 0.0399. The Morgan fingerprint density at radius 2 is 1.67 bits per heavy atom. The first-order chi connectivity index (χ1) is 14.3. The number of hydrogen-bond donors (Lipinski definition) is 1. The Hall–Kier alpha value is -2.74. The van der Waals surface area contributed by atoms with E-state index < -0.39 is 22.5 Å². The number of halogens is 2.